The molecule has 0 aromatic heterocycles. The molecule has 0 N–H and O–H groups in total. The molecule has 2 fully saturated rings. The zero-order valence-electron chi connectivity index (χ0n) is 12.8. The second kappa shape index (κ2) is 5.07. The lowest BCUT2D eigenvalue weighted by Crippen LogP contribution is -2.58. The van der Waals surface area contributed by atoms with Gasteiger partial charge in [0.15, 0.2) is 5.41 Å². The molecule has 22 heavy (non-hydrogen) atoms. The zero-order valence-corrected chi connectivity index (χ0v) is 12.8. The number of alkyl halides is 1. The van der Waals surface area contributed by atoms with Crippen LogP contribution in [0, 0.1) is 10.8 Å². The molecule has 1 aliphatic carbocycles. The number of amides is 1. The summed E-state index contributed by atoms with van der Waals surface area (Å²) < 4.78 is 18.6. The van der Waals surface area contributed by atoms with Gasteiger partial charge in [0.05, 0.1) is 19.8 Å². The molecule has 1 saturated heterocycles. The molecule has 1 heterocycles. The van der Waals surface area contributed by atoms with Crippen molar-refractivity contribution < 1.29 is 18.7 Å². The summed E-state index contributed by atoms with van der Waals surface area (Å²) in [7, 11) is 1.26. The average molecular weight is 305 g/mol. The molecular formula is C17H20FNO3. The second-order valence-corrected chi connectivity index (χ2v) is 6.33. The minimum absolute atomic E-state index is 0.191. The quantitative estimate of drug-likeness (QED) is 0.634. The van der Waals surface area contributed by atoms with Crippen molar-refractivity contribution in [1.29, 1.82) is 0 Å². The van der Waals surface area contributed by atoms with E-state index in [0.717, 1.165) is 5.56 Å². The Kier molecular flexibility index (Phi) is 3.46. The van der Waals surface area contributed by atoms with Crippen LogP contribution < -0.4 is 0 Å². The number of hydrogen-bond acceptors (Lipinski definition) is 3. The van der Waals surface area contributed by atoms with Crippen molar-refractivity contribution >= 4 is 11.9 Å². The molecule has 0 radical (unpaired) electrons. The highest BCUT2D eigenvalue weighted by molar-refractivity contribution is 6.07. The Labute approximate surface area is 129 Å². The van der Waals surface area contributed by atoms with Gasteiger partial charge in [-0.05, 0) is 25.3 Å². The predicted molar refractivity (Wildman–Crippen MR) is 78.7 cm³/mol. The normalized spacial score (nSPS) is 31.4. The highest BCUT2D eigenvalue weighted by Crippen LogP contribution is 2.63. The van der Waals surface area contributed by atoms with Crippen LogP contribution in [0.5, 0.6) is 0 Å². The Bertz CT molecular complexity index is 601. The van der Waals surface area contributed by atoms with Gasteiger partial charge in [0.25, 0.3) is 0 Å². The van der Waals surface area contributed by atoms with E-state index in [4.69, 9.17) is 4.74 Å². The summed E-state index contributed by atoms with van der Waals surface area (Å²) in [5.74, 6) is -0.885. The fraction of sp³-hybridized carbons (Fsp3) is 0.529. The third-order valence-electron chi connectivity index (χ3n) is 5.52. The highest BCUT2D eigenvalue weighted by Gasteiger charge is 2.74. The lowest BCUT2D eigenvalue weighted by Gasteiger charge is -2.48. The van der Waals surface area contributed by atoms with Gasteiger partial charge in [0, 0.05) is 12.0 Å². The van der Waals surface area contributed by atoms with E-state index in [9.17, 15) is 14.0 Å². The third-order valence-corrected chi connectivity index (χ3v) is 5.52. The zero-order chi connectivity index (χ0) is 16.0. The van der Waals surface area contributed by atoms with Crippen LogP contribution in [-0.2, 0) is 14.3 Å². The number of carbonyl (C=O) groups excluding carboxylic acids is 2. The summed E-state index contributed by atoms with van der Waals surface area (Å²) in [5, 5.41) is 0. The van der Waals surface area contributed by atoms with E-state index in [1.807, 2.05) is 37.3 Å². The molecule has 1 amide bonds. The number of fused-ring (bicyclic) bond motifs is 1. The molecule has 118 valence electrons. The van der Waals surface area contributed by atoms with Crippen molar-refractivity contribution in [1.82, 2.24) is 4.90 Å². The number of ether oxygens (including phenoxy) is 1. The number of benzene rings is 1. The van der Waals surface area contributed by atoms with Gasteiger partial charge in [-0.25, -0.2) is 0 Å². The van der Waals surface area contributed by atoms with E-state index < -0.39 is 23.5 Å². The maximum absolute atomic E-state index is 13.8. The van der Waals surface area contributed by atoms with Gasteiger partial charge in [-0.1, -0.05) is 30.3 Å². The SMILES string of the molecule is COC(=O)[C@@]12CC[C@]1(CF)CN([C@H](C)c1ccccc1)C2=O. The number of nitrogens with zero attached hydrogens (tertiary/aromatic N) is 1. The maximum atomic E-state index is 13.8. The molecule has 0 spiro atoms. The number of likely N-dealkylation sites (tertiary alicyclic amines) is 1. The van der Waals surface area contributed by atoms with Crippen molar-refractivity contribution in [2.75, 3.05) is 20.3 Å². The van der Waals surface area contributed by atoms with Gasteiger partial charge in [0.1, 0.15) is 0 Å². The molecule has 1 saturated carbocycles. The molecule has 3 rings (SSSR count). The summed E-state index contributed by atoms with van der Waals surface area (Å²) in [6.45, 7) is 1.51. The second-order valence-electron chi connectivity index (χ2n) is 6.33. The summed E-state index contributed by atoms with van der Waals surface area (Å²) in [6.07, 6.45) is 0.919. The van der Waals surface area contributed by atoms with Gasteiger partial charge >= 0.3 is 5.97 Å². The van der Waals surface area contributed by atoms with Crippen LogP contribution >= 0.6 is 0 Å². The topological polar surface area (TPSA) is 46.6 Å². The first kappa shape index (κ1) is 15.0. The lowest BCUT2D eigenvalue weighted by molar-refractivity contribution is -0.178. The number of carbonyl (C=O) groups is 2. The van der Waals surface area contributed by atoms with Crippen LogP contribution in [0.2, 0.25) is 0 Å². The third kappa shape index (κ3) is 1.68. The summed E-state index contributed by atoms with van der Waals surface area (Å²) in [5.41, 5.74) is -1.26. The Hall–Kier alpha value is -1.91. The van der Waals surface area contributed by atoms with E-state index in [0.29, 0.717) is 12.8 Å². The first-order chi connectivity index (χ1) is 10.5. The highest BCUT2D eigenvalue weighted by atomic mass is 19.1. The Morgan fingerprint density at radius 3 is 2.55 bits per heavy atom. The molecule has 0 bridgehead atoms. The monoisotopic (exact) mass is 305 g/mol. The van der Waals surface area contributed by atoms with Crippen LogP contribution in [0.3, 0.4) is 0 Å². The Morgan fingerprint density at radius 2 is 2.05 bits per heavy atom. The number of halogens is 1. The lowest BCUT2D eigenvalue weighted by atomic mass is 9.51. The van der Waals surface area contributed by atoms with Crippen LogP contribution in [0.15, 0.2) is 30.3 Å². The van der Waals surface area contributed by atoms with Gasteiger partial charge in [0.2, 0.25) is 5.91 Å². The Balaban J connectivity index is 1.97. The molecule has 1 aromatic carbocycles. The standard InChI is InChI=1S/C17H20FNO3/c1-12(13-6-4-3-5-7-13)19-11-16(10-18)8-9-17(16,14(19)20)15(21)22-2/h3-7,12H,8-11H2,1-2H3/t12-,16+,17+/m1/s1. The summed E-state index contributed by atoms with van der Waals surface area (Å²) in [4.78, 5) is 26.8. The van der Waals surface area contributed by atoms with Crippen molar-refractivity contribution in [3.05, 3.63) is 35.9 Å². The maximum Gasteiger partial charge on any atom is 0.322 e. The minimum Gasteiger partial charge on any atom is -0.468 e. The van der Waals surface area contributed by atoms with E-state index in [-0.39, 0.29) is 18.5 Å². The number of hydrogen-bond donors (Lipinski definition) is 0. The van der Waals surface area contributed by atoms with Crippen LogP contribution in [0.25, 0.3) is 0 Å². The first-order valence-corrected chi connectivity index (χ1v) is 7.53. The largest absolute Gasteiger partial charge is 0.468 e. The molecule has 2 aliphatic rings. The van der Waals surface area contributed by atoms with Crippen molar-refractivity contribution in [2.24, 2.45) is 10.8 Å². The molecule has 4 nitrogen and oxygen atoms in total. The van der Waals surface area contributed by atoms with Crippen molar-refractivity contribution in [2.45, 2.75) is 25.8 Å². The van der Waals surface area contributed by atoms with E-state index in [2.05, 4.69) is 0 Å². The van der Waals surface area contributed by atoms with Crippen LogP contribution in [0.4, 0.5) is 4.39 Å². The molecule has 0 unspecified atom stereocenters. The van der Waals surface area contributed by atoms with E-state index in [1.54, 1.807) is 4.90 Å². The predicted octanol–water partition coefficient (Wildman–Crippen LogP) is 2.50. The van der Waals surface area contributed by atoms with Crippen molar-refractivity contribution in [3.63, 3.8) is 0 Å². The summed E-state index contributed by atoms with van der Waals surface area (Å²) >= 11 is 0. The first-order valence-electron chi connectivity index (χ1n) is 7.53. The number of esters is 1. The van der Waals surface area contributed by atoms with Crippen molar-refractivity contribution in [3.8, 4) is 0 Å². The molecular weight excluding hydrogens is 285 g/mol. The molecule has 1 aliphatic heterocycles. The van der Waals surface area contributed by atoms with E-state index >= 15 is 0 Å². The Morgan fingerprint density at radius 1 is 1.36 bits per heavy atom. The smallest absolute Gasteiger partial charge is 0.322 e. The molecule has 3 atom stereocenters. The van der Waals surface area contributed by atoms with Gasteiger partial charge in [-0.3, -0.25) is 14.0 Å². The fourth-order valence-corrected chi connectivity index (χ4v) is 3.95. The molecule has 1 aromatic rings. The number of rotatable bonds is 4. The van der Waals surface area contributed by atoms with Gasteiger partial charge in [-0.2, -0.15) is 0 Å². The van der Waals surface area contributed by atoms with Crippen LogP contribution in [-0.4, -0.2) is 37.1 Å². The minimum atomic E-state index is -1.32. The fourth-order valence-electron chi connectivity index (χ4n) is 3.95. The molecule has 5 heteroatoms. The van der Waals surface area contributed by atoms with E-state index in [1.165, 1.54) is 7.11 Å². The number of methoxy groups -OCH3 is 1. The summed E-state index contributed by atoms with van der Waals surface area (Å²) in [6, 6.07) is 9.40. The average Bonchev–Trinajstić information content (AvgIpc) is 2.71. The van der Waals surface area contributed by atoms with Gasteiger partial charge in [-0.15, -0.1) is 0 Å². The van der Waals surface area contributed by atoms with Gasteiger partial charge < -0.3 is 9.64 Å². The van der Waals surface area contributed by atoms with Crippen LogP contribution in [0.1, 0.15) is 31.4 Å².